The van der Waals surface area contributed by atoms with E-state index in [2.05, 4.69) is 15.3 Å². The Hall–Kier alpha value is -2.76. The van der Waals surface area contributed by atoms with Gasteiger partial charge in [0, 0.05) is 0 Å². The highest BCUT2D eigenvalue weighted by Gasteiger charge is 2.21. The fourth-order valence-corrected chi connectivity index (χ4v) is 1.94. The van der Waals surface area contributed by atoms with E-state index in [9.17, 15) is 14.7 Å². The van der Waals surface area contributed by atoms with Crippen molar-refractivity contribution in [1.82, 2.24) is 9.97 Å². The number of anilines is 1. The highest BCUT2D eigenvalue weighted by molar-refractivity contribution is 6.12. The molecule has 0 spiro atoms. The monoisotopic (exact) mass is 271 g/mol. The number of carbonyl (C=O) groups excluding carboxylic acids is 1. The molecule has 102 valence electrons. The van der Waals surface area contributed by atoms with Crippen molar-refractivity contribution in [3.8, 4) is 0 Å². The molecule has 2 rings (SSSR count). The molecule has 1 aromatic carbocycles. The smallest absolute Gasteiger partial charge is 0.336 e. The van der Waals surface area contributed by atoms with Crippen molar-refractivity contribution >= 4 is 17.6 Å². The Kier molecular flexibility index (Phi) is 3.74. The lowest BCUT2D eigenvalue weighted by Crippen LogP contribution is -2.19. The van der Waals surface area contributed by atoms with Gasteiger partial charge in [-0.15, -0.1) is 0 Å². The fraction of sp³-hybridized carbons (Fsp3) is 0.143. The van der Waals surface area contributed by atoms with E-state index in [-0.39, 0.29) is 11.1 Å². The van der Waals surface area contributed by atoms with Crippen molar-refractivity contribution in [3.63, 3.8) is 0 Å². The van der Waals surface area contributed by atoms with E-state index in [0.717, 1.165) is 0 Å². The van der Waals surface area contributed by atoms with Gasteiger partial charge in [0.05, 0.1) is 29.2 Å². The molecule has 0 aliphatic heterocycles. The van der Waals surface area contributed by atoms with E-state index in [4.69, 9.17) is 0 Å². The number of aromatic carboxylic acids is 1. The third kappa shape index (κ3) is 2.64. The normalized spacial score (nSPS) is 10.1. The van der Waals surface area contributed by atoms with Crippen molar-refractivity contribution in [1.29, 1.82) is 0 Å². The predicted octanol–water partition coefficient (Wildman–Crippen LogP) is 2.04. The molecule has 2 N–H and O–H groups in total. The van der Waals surface area contributed by atoms with Crippen LogP contribution in [0.5, 0.6) is 0 Å². The molecule has 0 unspecified atom stereocenters. The SMILES string of the molecule is Cc1ccc(C)c(C(=O)Nc2cncnc2)c1C(=O)O. The van der Waals surface area contributed by atoms with E-state index < -0.39 is 11.9 Å². The van der Waals surface area contributed by atoms with Crippen LogP contribution in [0, 0.1) is 13.8 Å². The first-order chi connectivity index (χ1) is 9.50. The Labute approximate surface area is 115 Å². The van der Waals surface area contributed by atoms with Crippen LogP contribution in [-0.2, 0) is 0 Å². The summed E-state index contributed by atoms with van der Waals surface area (Å²) in [6.07, 6.45) is 4.23. The van der Waals surface area contributed by atoms with Crippen LogP contribution in [0.3, 0.4) is 0 Å². The summed E-state index contributed by atoms with van der Waals surface area (Å²) in [6.45, 7) is 3.35. The Morgan fingerprint density at radius 3 is 2.15 bits per heavy atom. The first-order valence-electron chi connectivity index (χ1n) is 5.90. The average Bonchev–Trinajstić information content (AvgIpc) is 2.41. The van der Waals surface area contributed by atoms with Gasteiger partial charge in [0.25, 0.3) is 5.91 Å². The molecule has 1 aromatic heterocycles. The third-order valence-corrected chi connectivity index (χ3v) is 2.88. The molecule has 20 heavy (non-hydrogen) atoms. The summed E-state index contributed by atoms with van der Waals surface area (Å²) in [7, 11) is 0. The maximum absolute atomic E-state index is 12.3. The van der Waals surface area contributed by atoms with Gasteiger partial charge < -0.3 is 10.4 Å². The molecule has 0 atom stereocenters. The Balaban J connectivity index is 2.44. The molecular formula is C14H13N3O3. The molecule has 0 saturated heterocycles. The number of nitrogens with one attached hydrogen (secondary N) is 1. The largest absolute Gasteiger partial charge is 0.478 e. The third-order valence-electron chi connectivity index (χ3n) is 2.88. The zero-order valence-electron chi connectivity index (χ0n) is 11.0. The van der Waals surface area contributed by atoms with Gasteiger partial charge in [0.1, 0.15) is 6.33 Å². The molecule has 0 radical (unpaired) electrons. The summed E-state index contributed by atoms with van der Waals surface area (Å²) in [5.74, 6) is -1.61. The number of aryl methyl sites for hydroxylation is 2. The van der Waals surface area contributed by atoms with E-state index in [1.807, 2.05) is 0 Å². The van der Waals surface area contributed by atoms with Crippen molar-refractivity contribution in [2.75, 3.05) is 5.32 Å². The minimum atomic E-state index is -1.12. The molecular weight excluding hydrogens is 258 g/mol. The minimum absolute atomic E-state index is 0.0133. The van der Waals surface area contributed by atoms with Crippen molar-refractivity contribution < 1.29 is 14.7 Å². The predicted molar refractivity (Wildman–Crippen MR) is 72.9 cm³/mol. The molecule has 1 heterocycles. The summed E-state index contributed by atoms with van der Waals surface area (Å²) in [5.41, 5.74) is 1.72. The number of carboxylic acids is 1. The van der Waals surface area contributed by atoms with Crippen molar-refractivity contribution in [3.05, 3.63) is 53.1 Å². The first kappa shape index (κ1) is 13.7. The van der Waals surface area contributed by atoms with Gasteiger partial charge in [0.2, 0.25) is 0 Å². The standard InChI is InChI=1S/C14H13N3O3/c1-8-3-4-9(2)12(14(19)20)11(8)13(18)17-10-5-15-7-16-6-10/h3-7H,1-2H3,(H,17,18)(H,19,20). The van der Waals surface area contributed by atoms with E-state index in [0.29, 0.717) is 16.8 Å². The first-order valence-corrected chi connectivity index (χ1v) is 5.90. The number of aromatic nitrogens is 2. The highest BCUT2D eigenvalue weighted by Crippen LogP contribution is 2.20. The van der Waals surface area contributed by atoms with Gasteiger partial charge in [-0.3, -0.25) is 4.79 Å². The molecule has 6 nitrogen and oxygen atoms in total. The number of benzene rings is 1. The van der Waals surface area contributed by atoms with Crippen LogP contribution < -0.4 is 5.32 Å². The molecule has 0 aliphatic carbocycles. The number of carboxylic acid groups (broad SMARTS) is 1. The van der Waals surface area contributed by atoms with Crippen LogP contribution in [0.15, 0.2) is 30.9 Å². The summed E-state index contributed by atoms with van der Waals surface area (Å²) >= 11 is 0. The minimum Gasteiger partial charge on any atom is -0.478 e. The second-order valence-corrected chi connectivity index (χ2v) is 4.34. The van der Waals surface area contributed by atoms with E-state index >= 15 is 0 Å². The van der Waals surface area contributed by atoms with Gasteiger partial charge in [-0.25, -0.2) is 14.8 Å². The Bertz CT molecular complexity index is 669. The maximum Gasteiger partial charge on any atom is 0.336 e. The van der Waals surface area contributed by atoms with Gasteiger partial charge in [-0.1, -0.05) is 12.1 Å². The van der Waals surface area contributed by atoms with Crippen LogP contribution in [0.2, 0.25) is 0 Å². The number of rotatable bonds is 3. The number of nitrogens with zero attached hydrogens (tertiary/aromatic N) is 2. The zero-order chi connectivity index (χ0) is 14.7. The lowest BCUT2D eigenvalue weighted by Gasteiger charge is -2.12. The summed E-state index contributed by atoms with van der Waals surface area (Å²) < 4.78 is 0. The molecule has 1 amide bonds. The summed E-state index contributed by atoms with van der Waals surface area (Å²) in [4.78, 5) is 31.2. The molecule has 0 fully saturated rings. The van der Waals surface area contributed by atoms with E-state index in [1.54, 1.807) is 26.0 Å². The van der Waals surface area contributed by atoms with Crippen LogP contribution >= 0.6 is 0 Å². The Morgan fingerprint density at radius 2 is 1.60 bits per heavy atom. The average molecular weight is 271 g/mol. The quantitative estimate of drug-likeness (QED) is 0.891. The van der Waals surface area contributed by atoms with Crippen LogP contribution in [0.1, 0.15) is 31.8 Å². The van der Waals surface area contributed by atoms with Crippen molar-refractivity contribution in [2.45, 2.75) is 13.8 Å². The van der Waals surface area contributed by atoms with Gasteiger partial charge in [0.15, 0.2) is 0 Å². The van der Waals surface area contributed by atoms with Crippen LogP contribution in [0.4, 0.5) is 5.69 Å². The number of hydrogen-bond acceptors (Lipinski definition) is 4. The van der Waals surface area contributed by atoms with Crippen LogP contribution in [0.25, 0.3) is 0 Å². The van der Waals surface area contributed by atoms with Crippen LogP contribution in [-0.4, -0.2) is 27.0 Å². The maximum atomic E-state index is 12.3. The Morgan fingerprint density at radius 1 is 1.05 bits per heavy atom. The number of carbonyl (C=O) groups is 2. The second kappa shape index (κ2) is 5.48. The summed E-state index contributed by atoms with van der Waals surface area (Å²) in [6, 6.07) is 3.40. The molecule has 6 heteroatoms. The van der Waals surface area contributed by atoms with E-state index in [1.165, 1.54) is 18.7 Å². The topological polar surface area (TPSA) is 92.2 Å². The molecule has 2 aromatic rings. The van der Waals surface area contributed by atoms with Crippen molar-refractivity contribution in [2.24, 2.45) is 0 Å². The molecule has 0 aliphatic rings. The lowest BCUT2D eigenvalue weighted by atomic mass is 9.96. The summed E-state index contributed by atoms with van der Waals surface area (Å²) in [5, 5.41) is 11.9. The fourth-order valence-electron chi connectivity index (χ4n) is 1.94. The zero-order valence-corrected chi connectivity index (χ0v) is 11.0. The second-order valence-electron chi connectivity index (χ2n) is 4.34. The molecule has 0 bridgehead atoms. The number of amides is 1. The highest BCUT2D eigenvalue weighted by atomic mass is 16.4. The molecule has 0 saturated carbocycles. The van der Waals surface area contributed by atoms with Gasteiger partial charge in [-0.05, 0) is 25.0 Å². The number of hydrogen-bond donors (Lipinski definition) is 2. The lowest BCUT2D eigenvalue weighted by molar-refractivity contribution is 0.0691. The van der Waals surface area contributed by atoms with Gasteiger partial charge in [-0.2, -0.15) is 0 Å². The van der Waals surface area contributed by atoms with Gasteiger partial charge >= 0.3 is 5.97 Å².